The Kier molecular flexibility index (Phi) is 3.12. The second-order valence-corrected chi connectivity index (χ2v) is 2.89. The van der Waals surface area contributed by atoms with Gasteiger partial charge >= 0.3 is 0 Å². The molecule has 0 saturated heterocycles. The summed E-state index contributed by atoms with van der Waals surface area (Å²) in [4.78, 5) is 24.2. The van der Waals surface area contributed by atoms with Crippen LogP contribution >= 0.6 is 0 Å². The van der Waals surface area contributed by atoms with Crippen LogP contribution in [0, 0.1) is 17.0 Å². The Bertz CT molecular complexity index is 440. The van der Waals surface area contributed by atoms with Crippen LogP contribution in [0.4, 0.5) is 5.69 Å². The van der Waals surface area contributed by atoms with E-state index in [1.54, 1.807) is 6.92 Å². The number of amides is 1. The van der Waals surface area contributed by atoms with Crippen molar-refractivity contribution < 1.29 is 9.72 Å². The summed E-state index contributed by atoms with van der Waals surface area (Å²) >= 11 is 0. The first-order valence-corrected chi connectivity index (χ1v) is 4.09. The zero-order valence-corrected chi connectivity index (χ0v) is 8.01. The molecule has 0 radical (unpaired) electrons. The number of hydrogen-bond acceptors (Lipinski definition) is 4. The van der Waals surface area contributed by atoms with E-state index >= 15 is 0 Å². The van der Waals surface area contributed by atoms with Gasteiger partial charge in [0.1, 0.15) is 6.20 Å². The molecule has 15 heavy (non-hydrogen) atoms. The van der Waals surface area contributed by atoms with Crippen LogP contribution in [-0.4, -0.2) is 15.8 Å². The smallest absolute Gasteiger partial charge is 0.287 e. The zero-order valence-electron chi connectivity index (χ0n) is 8.01. The Morgan fingerprint density at radius 1 is 1.67 bits per heavy atom. The predicted octanol–water partition coefficient (Wildman–Crippen LogP) is 0.797. The van der Waals surface area contributed by atoms with E-state index in [0.717, 1.165) is 12.3 Å². The lowest BCUT2D eigenvalue weighted by Gasteiger charge is -1.98. The van der Waals surface area contributed by atoms with Gasteiger partial charge < -0.3 is 5.73 Å². The van der Waals surface area contributed by atoms with E-state index in [0.29, 0.717) is 11.3 Å². The summed E-state index contributed by atoms with van der Waals surface area (Å²) in [5, 5.41) is 10.4. The molecule has 0 atom stereocenters. The van der Waals surface area contributed by atoms with Gasteiger partial charge in [0.05, 0.1) is 10.6 Å². The summed E-state index contributed by atoms with van der Waals surface area (Å²) < 4.78 is 0. The molecule has 0 unspecified atom stereocenters. The Balaban J connectivity index is 3.03. The maximum absolute atomic E-state index is 10.5. The highest BCUT2D eigenvalue weighted by Gasteiger charge is 2.07. The minimum Gasteiger partial charge on any atom is -0.366 e. The van der Waals surface area contributed by atoms with Gasteiger partial charge in [-0.3, -0.25) is 14.9 Å². The number of aromatic nitrogens is 1. The van der Waals surface area contributed by atoms with Crippen molar-refractivity contribution in [3.8, 4) is 0 Å². The largest absolute Gasteiger partial charge is 0.366 e. The molecule has 78 valence electrons. The van der Waals surface area contributed by atoms with Crippen molar-refractivity contribution in [3.63, 3.8) is 0 Å². The van der Waals surface area contributed by atoms with Crippen molar-refractivity contribution in [1.82, 2.24) is 4.98 Å². The number of nitrogens with two attached hydrogens (primary N) is 1. The fraction of sp³-hybridized carbons (Fsp3) is 0.111. The van der Waals surface area contributed by atoms with Gasteiger partial charge in [0.25, 0.3) is 5.69 Å². The lowest BCUT2D eigenvalue weighted by atomic mass is 10.2. The third kappa shape index (κ3) is 2.87. The van der Waals surface area contributed by atoms with Gasteiger partial charge in [-0.25, -0.2) is 4.98 Å². The normalized spacial score (nSPS) is 10.5. The fourth-order valence-electron chi connectivity index (χ4n) is 1.01. The molecule has 1 amide bonds. The molecular formula is C9H9N3O3. The Morgan fingerprint density at radius 2 is 2.33 bits per heavy atom. The van der Waals surface area contributed by atoms with Crippen LogP contribution in [-0.2, 0) is 4.79 Å². The zero-order chi connectivity index (χ0) is 11.4. The second-order valence-electron chi connectivity index (χ2n) is 2.89. The highest BCUT2D eigenvalue weighted by atomic mass is 16.6. The van der Waals surface area contributed by atoms with E-state index in [1.165, 1.54) is 12.1 Å². The molecule has 0 spiro atoms. The molecule has 1 aromatic rings. The van der Waals surface area contributed by atoms with Gasteiger partial charge in [-0.1, -0.05) is 0 Å². The molecule has 2 N–H and O–H groups in total. The van der Waals surface area contributed by atoms with Crippen molar-refractivity contribution in [3.05, 3.63) is 39.7 Å². The van der Waals surface area contributed by atoms with Gasteiger partial charge in [-0.15, -0.1) is 0 Å². The minimum atomic E-state index is -0.588. The van der Waals surface area contributed by atoms with Gasteiger partial charge in [0.2, 0.25) is 5.91 Å². The summed E-state index contributed by atoms with van der Waals surface area (Å²) in [6, 6.07) is 1.38. The van der Waals surface area contributed by atoms with Crippen LogP contribution in [0.25, 0.3) is 6.08 Å². The maximum Gasteiger partial charge on any atom is 0.287 e. The first-order chi connectivity index (χ1) is 7.00. The molecule has 0 saturated carbocycles. The third-order valence-corrected chi connectivity index (χ3v) is 1.72. The highest BCUT2D eigenvalue weighted by Crippen LogP contribution is 2.14. The number of aryl methyl sites for hydroxylation is 1. The molecule has 1 heterocycles. The monoisotopic (exact) mass is 207 g/mol. The van der Waals surface area contributed by atoms with E-state index in [2.05, 4.69) is 4.98 Å². The van der Waals surface area contributed by atoms with Crippen LogP contribution in [0.3, 0.4) is 0 Å². The lowest BCUT2D eigenvalue weighted by molar-refractivity contribution is -0.385. The number of carbonyl (C=O) groups excluding carboxylic acids is 1. The summed E-state index contributed by atoms with van der Waals surface area (Å²) in [6.07, 6.45) is 3.70. The summed E-state index contributed by atoms with van der Waals surface area (Å²) in [5.41, 5.74) is 5.93. The quantitative estimate of drug-likeness (QED) is 0.450. The number of pyridine rings is 1. The van der Waals surface area contributed by atoms with Gasteiger partial charge in [-0.2, -0.15) is 0 Å². The summed E-state index contributed by atoms with van der Waals surface area (Å²) in [5.74, 6) is -0.588. The topological polar surface area (TPSA) is 99.1 Å². The molecule has 0 bridgehead atoms. The highest BCUT2D eigenvalue weighted by molar-refractivity contribution is 5.90. The number of primary amides is 1. The SMILES string of the molecule is Cc1cc([N+](=O)[O-])cnc1C=CC(N)=O. The maximum atomic E-state index is 10.5. The average Bonchev–Trinajstić information content (AvgIpc) is 2.15. The Morgan fingerprint density at radius 3 is 2.80 bits per heavy atom. The molecule has 0 aliphatic heterocycles. The average molecular weight is 207 g/mol. The minimum absolute atomic E-state index is 0.0799. The van der Waals surface area contributed by atoms with E-state index in [4.69, 9.17) is 5.73 Å². The van der Waals surface area contributed by atoms with Crippen LogP contribution in [0.1, 0.15) is 11.3 Å². The van der Waals surface area contributed by atoms with E-state index in [-0.39, 0.29) is 5.69 Å². The molecule has 0 aromatic carbocycles. The predicted molar refractivity (Wildman–Crippen MR) is 53.9 cm³/mol. The summed E-state index contributed by atoms with van der Waals surface area (Å²) in [6.45, 7) is 1.67. The van der Waals surface area contributed by atoms with Gasteiger partial charge in [0, 0.05) is 12.1 Å². The molecule has 6 heteroatoms. The first kappa shape index (κ1) is 10.8. The molecule has 0 fully saturated rings. The molecule has 0 aliphatic carbocycles. The number of nitro groups is 1. The Hall–Kier alpha value is -2.24. The van der Waals surface area contributed by atoms with Crippen LogP contribution in [0.15, 0.2) is 18.3 Å². The van der Waals surface area contributed by atoms with Crippen molar-refractivity contribution >= 4 is 17.7 Å². The molecule has 6 nitrogen and oxygen atoms in total. The Labute approximate surface area is 85.6 Å². The lowest BCUT2D eigenvalue weighted by Crippen LogP contribution is -2.05. The number of hydrogen-bond donors (Lipinski definition) is 1. The number of carbonyl (C=O) groups is 1. The molecule has 1 aromatic heterocycles. The van der Waals surface area contributed by atoms with Crippen molar-refractivity contribution in [1.29, 1.82) is 0 Å². The molecular weight excluding hydrogens is 198 g/mol. The third-order valence-electron chi connectivity index (χ3n) is 1.72. The van der Waals surface area contributed by atoms with Crippen LogP contribution in [0.2, 0.25) is 0 Å². The van der Waals surface area contributed by atoms with Crippen LogP contribution in [0.5, 0.6) is 0 Å². The van der Waals surface area contributed by atoms with Crippen molar-refractivity contribution in [2.24, 2.45) is 5.73 Å². The number of nitrogens with zero attached hydrogens (tertiary/aromatic N) is 2. The molecule has 1 rings (SSSR count). The fourth-order valence-corrected chi connectivity index (χ4v) is 1.01. The van der Waals surface area contributed by atoms with Gasteiger partial charge in [-0.05, 0) is 18.6 Å². The van der Waals surface area contributed by atoms with E-state index in [9.17, 15) is 14.9 Å². The second kappa shape index (κ2) is 4.32. The van der Waals surface area contributed by atoms with E-state index < -0.39 is 10.8 Å². The first-order valence-electron chi connectivity index (χ1n) is 4.09. The van der Waals surface area contributed by atoms with Crippen molar-refractivity contribution in [2.45, 2.75) is 6.92 Å². The van der Waals surface area contributed by atoms with E-state index in [1.807, 2.05) is 0 Å². The van der Waals surface area contributed by atoms with Crippen LogP contribution < -0.4 is 5.73 Å². The van der Waals surface area contributed by atoms with Gasteiger partial charge in [0.15, 0.2) is 0 Å². The standard InChI is InChI=1S/C9H9N3O3/c1-6-4-7(12(14)15)5-11-8(6)2-3-9(10)13/h2-5H,1H3,(H2,10,13). The summed E-state index contributed by atoms with van der Waals surface area (Å²) in [7, 11) is 0. The molecule has 0 aliphatic rings. The number of rotatable bonds is 3. The van der Waals surface area contributed by atoms with Crippen molar-refractivity contribution in [2.75, 3.05) is 0 Å².